The van der Waals surface area contributed by atoms with Gasteiger partial charge < -0.3 is 5.73 Å². The highest BCUT2D eigenvalue weighted by atomic mass is 19.1. The Morgan fingerprint density at radius 2 is 2.12 bits per heavy atom. The first-order valence-corrected chi connectivity index (χ1v) is 4.83. The molecule has 0 saturated carbocycles. The fourth-order valence-corrected chi connectivity index (χ4v) is 1.69. The van der Waals surface area contributed by atoms with Crippen LogP contribution in [-0.4, -0.2) is 10.2 Å². The van der Waals surface area contributed by atoms with Gasteiger partial charge >= 0.3 is 0 Å². The van der Waals surface area contributed by atoms with Gasteiger partial charge in [0.2, 0.25) is 0 Å². The number of nitrogen functional groups attached to an aromatic ring is 1. The van der Waals surface area contributed by atoms with E-state index in [1.54, 1.807) is 6.07 Å². The van der Waals surface area contributed by atoms with Crippen molar-refractivity contribution in [1.29, 1.82) is 0 Å². The number of hydrogen-bond acceptors (Lipinski definition) is 2. The molecule has 0 aliphatic rings. The van der Waals surface area contributed by atoms with Crippen LogP contribution in [0.25, 0.3) is 11.1 Å². The number of halogens is 2. The smallest absolute Gasteiger partial charge is 0.129 e. The van der Waals surface area contributed by atoms with Gasteiger partial charge in [-0.2, -0.15) is 5.10 Å². The Hall–Kier alpha value is -1.91. The van der Waals surface area contributed by atoms with Crippen molar-refractivity contribution in [2.75, 3.05) is 5.73 Å². The lowest BCUT2D eigenvalue weighted by Gasteiger charge is -2.10. The van der Waals surface area contributed by atoms with Crippen LogP contribution in [0, 0.1) is 5.82 Å². The first kappa shape index (κ1) is 10.6. The van der Waals surface area contributed by atoms with Gasteiger partial charge in [-0.1, -0.05) is 12.1 Å². The third-order valence-corrected chi connectivity index (χ3v) is 2.41. The molecule has 0 saturated heterocycles. The van der Waals surface area contributed by atoms with Crippen LogP contribution < -0.4 is 5.73 Å². The number of alkyl halides is 1. The third-order valence-electron chi connectivity index (χ3n) is 2.41. The molecule has 0 amide bonds. The predicted molar refractivity (Wildman–Crippen MR) is 57.9 cm³/mol. The zero-order valence-corrected chi connectivity index (χ0v) is 8.67. The van der Waals surface area contributed by atoms with Crippen molar-refractivity contribution < 1.29 is 8.78 Å². The Labute approximate surface area is 91.3 Å². The minimum atomic E-state index is -1.40. The van der Waals surface area contributed by atoms with E-state index in [0.29, 0.717) is 16.9 Å². The number of nitrogens with one attached hydrogen (secondary N) is 1. The normalized spacial score (nSPS) is 12.7. The summed E-state index contributed by atoms with van der Waals surface area (Å²) >= 11 is 0. The molecule has 0 aliphatic heterocycles. The Bertz CT molecular complexity index is 506. The third kappa shape index (κ3) is 1.64. The zero-order valence-electron chi connectivity index (χ0n) is 8.67. The van der Waals surface area contributed by atoms with Gasteiger partial charge in [0.25, 0.3) is 0 Å². The van der Waals surface area contributed by atoms with Crippen molar-refractivity contribution in [3.8, 4) is 11.1 Å². The van der Waals surface area contributed by atoms with Gasteiger partial charge in [-0.3, -0.25) is 5.10 Å². The Balaban J connectivity index is 2.66. The van der Waals surface area contributed by atoms with E-state index in [1.165, 1.54) is 25.3 Å². The van der Waals surface area contributed by atoms with Crippen LogP contribution in [0.15, 0.2) is 24.4 Å². The second kappa shape index (κ2) is 3.92. The molecule has 16 heavy (non-hydrogen) atoms. The minimum absolute atomic E-state index is 0.00981. The average molecular weight is 223 g/mol. The van der Waals surface area contributed by atoms with Crippen molar-refractivity contribution in [3.05, 3.63) is 35.8 Å². The standard InChI is InChI=1S/C11H11F2N3/c1-6(12)10-7(3-2-4-9(10)13)8-5-15-16-11(8)14/h2-6H,1H3,(H3,14,15,16). The van der Waals surface area contributed by atoms with Gasteiger partial charge in [-0.05, 0) is 18.6 Å². The highest BCUT2D eigenvalue weighted by Crippen LogP contribution is 2.33. The molecule has 5 heteroatoms. The molecule has 1 aromatic heterocycles. The van der Waals surface area contributed by atoms with E-state index in [1.807, 2.05) is 0 Å². The number of rotatable bonds is 2. The molecule has 2 aromatic rings. The maximum Gasteiger partial charge on any atom is 0.129 e. The summed E-state index contributed by atoms with van der Waals surface area (Å²) in [5, 5.41) is 6.27. The Morgan fingerprint density at radius 3 is 2.69 bits per heavy atom. The van der Waals surface area contributed by atoms with Crippen molar-refractivity contribution >= 4 is 5.82 Å². The molecule has 1 aromatic carbocycles. The van der Waals surface area contributed by atoms with E-state index in [0.717, 1.165) is 0 Å². The maximum atomic E-state index is 13.5. The van der Waals surface area contributed by atoms with Crippen LogP contribution in [0.3, 0.4) is 0 Å². The number of aromatic amines is 1. The van der Waals surface area contributed by atoms with Crippen LogP contribution in [0.1, 0.15) is 18.7 Å². The molecular weight excluding hydrogens is 212 g/mol. The molecule has 0 bridgehead atoms. The SMILES string of the molecule is CC(F)c1c(F)cccc1-c1cn[nH]c1N. The summed E-state index contributed by atoms with van der Waals surface area (Å²) in [6, 6.07) is 4.36. The van der Waals surface area contributed by atoms with E-state index in [4.69, 9.17) is 5.73 Å². The molecule has 2 rings (SSSR count). The van der Waals surface area contributed by atoms with E-state index >= 15 is 0 Å². The fourth-order valence-electron chi connectivity index (χ4n) is 1.69. The summed E-state index contributed by atoms with van der Waals surface area (Å²) in [5.74, 6) is -0.277. The topological polar surface area (TPSA) is 54.7 Å². The number of nitrogens with zero attached hydrogens (tertiary/aromatic N) is 1. The fraction of sp³-hybridized carbons (Fsp3) is 0.182. The van der Waals surface area contributed by atoms with Crippen LogP contribution in [-0.2, 0) is 0 Å². The van der Waals surface area contributed by atoms with E-state index in [-0.39, 0.29) is 5.56 Å². The van der Waals surface area contributed by atoms with Crippen LogP contribution >= 0.6 is 0 Å². The van der Waals surface area contributed by atoms with Gasteiger partial charge in [-0.15, -0.1) is 0 Å². The maximum absolute atomic E-state index is 13.5. The van der Waals surface area contributed by atoms with Crippen molar-refractivity contribution in [2.24, 2.45) is 0 Å². The molecule has 1 heterocycles. The number of anilines is 1. The van der Waals surface area contributed by atoms with Crippen molar-refractivity contribution in [2.45, 2.75) is 13.1 Å². The number of benzene rings is 1. The van der Waals surface area contributed by atoms with Gasteiger partial charge in [0, 0.05) is 11.1 Å². The largest absolute Gasteiger partial charge is 0.384 e. The number of aromatic nitrogens is 2. The minimum Gasteiger partial charge on any atom is -0.384 e. The highest BCUT2D eigenvalue weighted by molar-refractivity contribution is 5.76. The molecule has 1 unspecified atom stereocenters. The van der Waals surface area contributed by atoms with Crippen LogP contribution in [0.4, 0.5) is 14.6 Å². The second-order valence-corrected chi connectivity index (χ2v) is 3.51. The van der Waals surface area contributed by atoms with Crippen LogP contribution in [0.2, 0.25) is 0 Å². The number of nitrogens with two attached hydrogens (primary N) is 1. The summed E-state index contributed by atoms with van der Waals surface area (Å²) in [6.07, 6.45) is 0.0567. The summed E-state index contributed by atoms with van der Waals surface area (Å²) in [5.41, 5.74) is 6.58. The van der Waals surface area contributed by atoms with Gasteiger partial charge in [0.05, 0.1) is 6.20 Å². The first-order valence-electron chi connectivity index (χ1n) is 4.83. The summed E-state index contributed by atoms with van der Waals surface area (Å²) < 4.78 is 26.9. The van der Waals surface area contributed by atoms with Crippen molar-refractivity contribution in [3.63, 3.8) is 0 Å². The molecule has 0 fully saturated rings. The lowest BCUT2D eigenvalue weighted by Crippen LogP contribution is -1.97. The van der Waals surface area contributed by atoms with Gasteiger partial charge in [0.1, 0.15) is 17.8 Å². The molecule has 0 spiro atoms. The second-order valence-electron chi connectivity index (χ2n) is 3.51. The molecule has 3 N–H and O–H groups in total. The average Bonchev–Trinajstić information content (AvgIpc) is 2.63. The van der Waals surface area contributed by atoms with E-state index in [9.17, 15) is 8.78 Å². The highest BCUT2D eigenvalue weighted by Gasteiger charge is 2.18. The van der Waals surface area contributed by atoms with Crippen molar-refractivity contribution in [1.82, 2.24) is 10.2 Å². The molecule has 3 nitrogen and oxygen atoms in total. The van der Waals surface area contributed by atoms with E-state index < -0.39 is 12.0 Å². The number of hydrogen-bond donors (Lipinski definition) is 2. The molecule has 84 valence electrons. The Morgan fingerprint density at radius 1 is 1.38 bits per heavy atom. The quantitative estimate of drug-likeness (QED) is 0.822. The Kier molecular flexibility index (Phi) is 2.60. The zero-order chi connectivity index (χ0) is 11.7. The summed E-state index contributed by atoms with van der Waals surface area (Å²) in [4.78, 5) is 0. The molecule has 1 atom stereocenters. The van der Waals surface area contributed by atoms with Gasteiger partial charge in [-0.25, -0.2) is 8.78 Å². The number of H-pyrrole nitrogens is 1. The molecular formula is C11H11F2N3. The molecule has 0 radical (unpaired) electrons. The first-order chi connectivity index (χ1) is 7.61. The van der Waals surface area contributed by atoms with Gasteiger partial charge in [0.15, 0.2) is 0 Å². The summed E-state index contributed by atoms with van der Waals surface area (Å²) in [7, 11) is 0. The monoisotopic (exact) mass is 223 g/mol. The summed E-state index contributed by atoms with van der Waals surface area (Å²) in [6.45, 7) is 1.29. The van der Waals surface area contributed by atoms with E-state index in [2.05, 4.69) is 10.2 Å². The molecule has 0 aliphatic carbocycles. The predicted octanol–water partition coefficient (Wildman–Crippen LogP) is 2.83. The van der Waals surface area contributed by atoms with Crippen LogP contribution in [0.5, 0.6) is 0 Å². The lowest BCUT2D eigenvalue weighted by atomic mass is 9.98. The lowest BCUT2D eigenvalue weighted by molar-refractivity contribution is 0.362.